The molecule has 1 aromatic carbocycles. The Hall–Kier alpha value is -1.09. The molecular weight excluding hydrogens is 429 g/mol. The Morgan fingerprint density at radius 2 is 1.93 bits per heavy atom. The van der Waals surface area contributed by atoms with Crippen molar-refractivity contribution in [2.75, 3.05) is 6.61 Å². The molecule has 150 valence electrons. The van der Waals surface area contributed by atoms with E-state index in [1.54, 1.807) is 17.0 Å². The summed E-state index contributed by atoms with van der Waals surface area (Å²) >= 11 is 3.32. The van der Waals surface area contributed by atoms with Gasteiger partial charge in [-0.25, -0.2) is 4.39 Å². The second-order valence-electron chi connectivity index (χ2n) is 8.32. The van der Waals surface area contributed by atoms with Gasteiger partial charge < -0.3 is 4.43 Å². The summed E-state index contributed by atoms with van der Waals surface area (Å²) in [6.45, 7) is 11.4. The standard InChI is InChI=1S/C19H29BrFN3O2Si/c1-19(2,3)27(4,5)26-11-10-16(13-6-8-14(21)9-7-13)24-17(25)15(20)12-23-18(24)22/h6-9,12,15-16,18H,10-11,22H2,1-5H3. The lowest BCUT2D eigenvalue weighted by atomic mass is 10.0. The van der Waals surface area contributed by atoms with Gasteiger partial charge in [0.15, 0.2) is 14.6 Å². The van der Waals surface area contributed by atoms with Crippen LogP contribution in [0.15, 0.2) is 29.3 Å². The molecule has 5 nitrogen and oxygen atoms in total. The molecule has 8 heteroatoms. The zero-order valence-electron chi connectivity index (χ0n) is 16.6. The molecule has 1 aliphatic rings. The van der Waals surface area contributed by atoms with Gasteiger partial charge in [-0.3, -0.25) is 20.4 Å². The second kappa shape index (κ2) is 8.51. The summed E-state index contributed by atoms with van der Waals surface area (Å²) in [6, 6.07) is 5.83. The van der Waals surface area contributed by atoms with Gasteiger partial charge in [0.2, 0.25) is 5.91 Å². The predicted molar refractivity (Wildman–Crippen MR) is 113 cm³/mol. The Labute approximate surface area is 170 Å². The highest BCUT2D eigenvalue weighted by molar-refractivity contribution is 9.10. The molecule has 2 rings (SSSR count). The molecule has 0 spiro atoms. The van der Waals surface area contributed by atoms with E-state index in [2.05, 4.69) is 54.8 Å². The minimum absolute atomic E-state index is 0.0982. The number of nitrogens with zero attached hydrogens (tertiary/aromatic N) is 2. The van der Waals surface area contributed by atoms with Crippen LogP contribution in [0.5, 0.6) is 0 Å². The van der Waals surface area contributed by atoms with Crippen molar-refractivity contribution in [1.82, 2.24) is 4.90 Å². The molecule has 1 aromatic rings. The van der Waals surface area contributed by atoms with Gasteiger partial charge in [-0.1, -0.05) is 48.8 Å². The topological polar surface area (TPSA) is 67.9 Å². The monoisotopic (exact) mass is 457 g/mol. The number of halogens is 2. The summed E-state index contributed by atoms with van der Waals surface area (Å²) in [4.78, 5) is 18.0. The Balaban J connectivity index is 2.24. The van der Waals surface area contributed by atoms with Crippen LogP contribution in [0.4, 0.5) is 4.39 Å². The van der Waals surface area contributed by atoms with Crippen molar-refractivity contribution in [3.63, 3.8) is 0 Å². The van der Waals surface area contributed by atoms with Crippen molar-refractivity contribution >= 4 is 36.4 Å². The Bertz CT molecular complexity index is 691. The van der Waals surface area contributed by atoms with Gasteiger partial charge in [0.1, 0.15) is 10.6 Å². The largest absolute Gasteiger partial charge is 0.417 e. The number of alkyl halides is 1. The molecule has 0 aromatic heterocycles. The molecule has 3 unspecified atom stereocenters. The normalized spacial score (nSPS) is 22.2. The summed E-state index contributed by atoms with van der Waals surface area (Å²) in [7, 11) is -1.91. The number of hydrogen-bond donors (Lipinski definition) is 1. The average Bonchev–Trinajstić information content (AvgIpc) is 2.57. The number of amides is 1. The van der Waals surface area contributed by atoms with E-state index in [9.17, 15) is 9.18 Å². The van der Waals surface area contributed by atoms with Crippen LogP contribution in [0.25, 0.3) is 0 Å². The third-order valence-corrected chi connectivity index (χ3v) is 10.6. The highest BCUT2D eigenvalue weighted by atomic mass is 79.9. The van der Waals surface area contributed by atoms with Crippen LogP contribution in [0, 0.1) is 5.82 Å². The van der Waals surface area contributed by atoms with Gasteiger partial charge in [0.05, 0.1) is 6.04 Å². The zero-order valence-corrected chi connectivity index (χ0v) is 19.2. The van der Waals surface area contributed by atoms with Gasteiger partial charge >= 0.3 is 0 Å². The molecule has 0 aliphatic carbocycles. The molecule has 3 atom stereocenters. The molecule has 0 saturated carbocycles. The van der Waals surface area contributed by atoms with E-state index in [0.717, 1.165) is 5.56 Å². The first-order valence-corrected chi connectivity index (χ1v) is 12.9. The van der Waals surface area contributed by atoms with Gasteiger partial charge in [-0.15, -0.1) is 0 Å². The lowest BCUT2D eigenvalue weighted by Gasteiger charge is -2.40. The quantitative estimate of drug-likeness (QED) is 0.513. The van der Waals surface area contributed by atoms with Crippen molar-refractivity contribution in [2.24, 2.45) is 10.7 Å². The van der Waals surface area contributed by atoms with Crippen LogP contribution in [0.3, 0.4) is 0 Å². The van der Waals surface area contributed by atoms with Gasteiger partial charge in [0, 0.05) is 12.8 Å². The second-order valence-corrected chi connectivity index (χ2v) is 14.1. The summed E-state index contributed by atoms with van der Waals surface area (Å²) in [5.74, 6) is -0.472. The third-order valence-electron chi connectivity index (χ3n) is 5.40. The predicted octanol–water partition coefficient (Wildman–Crippen LogP) is 4.20. The molecule has 0 saturated heterocycles. The van der Waals surface area contributed by atoms with E-state index in [1.807, 2.05) is 0 Å². The van der Waals surface area contributed by atoms with Crippen molar-refractivity contribution in [1.29, 1.82) is 0 Å². The van der Waals surface area contributed by atoms with Crippen molar-refractivity contribution in [3.8, 4) is 0 Å². The summed E-state index contributed by atoms with van der Waals surface area (Å²) in [6.07, 6.45) is 1.30. The van der Waals surface area contributed by atoms with Gasteiger partial charge in [0.25, 0.3) is 0 Å². The zero-order chi connectivity index (χ0) is 20.4. The van der Waals surface area contributed by atoms with Crippen LogP contribution in [0.1, 0.15) is 38.8 Å². The third kappa shape index (κ3) is 5.25. The van der Waals surface area contributed by atoms with Crippen molar-refractivity contribution in [2.45, 2.75) is 62.5 Å². The number of aliphatic imine (C=N–C) groups is 1. The average molecular weight is 458 g/mol. The summed E-state index contributed by atoms with van der Waals surface area (Å²) < 4.78 is 19.7. The molecule has 1 heterocycles. The number of benzene rings is 1. The van der Waals surface area contributed by atoms with E-state index in [4.69, 9.17) is 10.2 Å². The van der Waals surface area contributed by atoms with Crippen LogP contribution < -0.4 is 5.73 Å². The fraction of sp³-hybridized carbons (Fsp3) is 0.579. The molecule has 27 heavy (non-hydrogen) atoms. The maximum Gasteiger partial charge on any atom is 0.245 e. The summed E-state index contributed by atoms with van der Waals surface area (Å²) in [5.41, 5.74) is 6.92. The van der Waals surface area contributed by atoms with Gasteiger partial charge in [-0.05, 0) is 42.2 Å². The van der Waals surface area contributed by atoms with E-state index >= 15 is 0 Å². The molecule has 2 N–H and O–H groups in total. The number of rotatable bonds is 6. The maximum atomic E-state index is 13.4. The van der Waals surface area contributed by atoms with Gasteiger partial charge in [-0.2, -0.15) is 0 Å². The molecule has 0 bridgehead atoms. The lowest BCUT2D eigenvalue weighted by Crippen LogP contribution is -2.53. The smallest absolute Gasteiger partial charge is 0.245 e. The fourth-order valence-corrected chi connectivity index (χ4v) is 4.14. The number of carbonyl (C=O) groups is 1. The molecule has 1 amide bonds. The summed E-state index contributed by atoms with van der Waals surface area (Å²) in [5, 5.41) is 0.0982. The Morgan fingerprint density at radius 1 is 1.33 bits per heavy atom. The molecule has 1 aliphatic heterocycles. The van der Waals surface area contributed by atoms with Crippen molar-refractivity contribution in [3.05, 3.63) is 35.6 Å². The highest BCUT2D eigenvalue weighted by Gasteiger charge is 2.39. The van der Waals surface area contributed by atoms with Crippen LogP contribution in [-0.2, 0) is 9.22 Å². The van der Waals surface area contributed by atoms with Crippen molar-refractivity contribution < 1.29 is 13.6 Å². The Kier molecular flexibility index (Phi) is 6.99. The van der Waals surface area contributed by atoms with Crippen LogP contribution in [0.2, 0.25) is 18.1 Å². The number of hydrogen-bond acceptors (Lipinski definition) is 4. The minimum atomic E-state index is -1.91. The molecule has 0 fully saturated rings. The first-order chi connectivity index (χ1) is 12.4. The number of carbonyl (C=O) groups excluding carboxylic acids is 1. The SMILES string of the molecule is CC(C)(C)[Si](C)(C)OCCC(c1ccc(F)cc1)N1C(=O)C(Br)C=NC1N. The number of nitrogens with two attached hydrogens (primary N) is 1. The first kappa shape index (κ1) is 22.2. The van der Waals surface area contributed by atoms with E-state index in [1.165, 1.54) is 18.3 Å². The van der Waals surface area contributed by atoms with E-state index in [0.29, 0.717) is 13.0 Å². The Morgan fingerprint density at radius 3 is 2.48 bits per heavy atom. The van der Waals surface area contributed by atoms with Crippen LogP contribution in [-0.4, -0.2) is 43.1 Å². The van der Waals surface area contributed by atoms with Crippen LogP contribution >= 0.6 is 15.9 Å². The van der Waals surface area contributed by atoms with E-state index in [-0.39, 0.29) is 22.8 Å². The highest BCUT2D eigenvalue weighted by Crippen LogP contribution is 2.37. The molecular formula is C19H29BrFN3O2Si. The molecule has 0 radical (unpaired) electrons. The lowest BCUT2D eigenvalue weighted by molar-refractivity contribution is -0.135. The maximum absolute atomic E-state index is 13.4. The fourth-order valence-electron chi connectivity index (χ4n) is 2.70. The first-order valence-electron chi connectivity index (χ1n) is 9.08. The van der Waals surface area contributed by atoms with E-state index < -0.39 is 19.4 Å². The minimum Gasteiger partial charge on any atom is -0.417 e.